The summed E-state index contributed by atoms with van der Waals surface area (Å²) in [5.41, 5.74) is 0. The topological polar surface area (TPSA) is 83.0 Å². The molecule has 7 nitrogen and oxygen atoms in total. The number of nitrogens with one attached hydrogen (secondary N) is 2. The molecule has 23 heavy (non-hydrogen) atoms. The second-order valence-corrected chi connectivity index (χ2v) is 7.84. The quantitative estimate of drug-likeness (QED) is 0.310. The van der Waals surface area contributed by atoms with Crippen molar-refractivity contribution in [3.63, 3.8) is 0 Å². The molecule has 0 aromatic carbocycles. The SMILES string of the molecule is CCN(CCCNC(=NC)NCCCOCC(C)C)S(C)(=O)=O. The van der Waals surface area contributed by atoms with E-state index in [1.165, 1.54) is 10.6 Å². The van der Waals surface area contributed by atoms with E-state index in [1.807, 2.05) is 6.92 Å². The van der Waals surface area contributed by atoms with Gasteiger partial charge >= 0.3 is 0 Å². The van der Waals surface area contributed by atoms with Gasteiger partial charge in [0.1, 0.15) is 0 Å². The van der Waals surface area contributed by atoms with Crippen LogP contribution >= 0.6 is 0 Å². The average molecular weight is 351 g/mol. The molecule has 0 saturated heterocycles. The van der Waals surface area contributed by atoms with Crippen molar-refractivity contribution in [2.24, 2.45) is 10.9 Å². The summed E-state index contributed by atoms with van der Waals surface area (Å²) in [5.74, 6) is 1.29. The Morgan fingerprint density at radius 3 is 2.30 bits per heavy atom. The van der Waals surface area contributed by atoms with E-state index in [9.17, 15) is 8.42 Å². The molecule has 138 valence electrons. The van der Waals surface area contributed by atoms with Crippen LogP contribution in [0, 0.1) is 5.92 Å². The van der Waals surface area contributed by atoms with Crippen LogP contribution in [0.4, 0.5) is 0 Å². The molecule has 2 N–H and O–H groups in total. The van der Waals surface area contributed by atoms with Gasteiger partial charge in [-0.25, -0.2) is 12.7 Å². The number of hydrogen-bond acceptors (Lipinski definition) is 4. The van der Waals surface area contributed by atoms with E-state index in [2.05, 4.69) is 29.5 Å². The molecule has 0 saturated carbocycles. The van der Waals surface area contributed by atoms with Crippen molar-refractivity contribution in [1.29, 1.82) is 0 Å². The minimum atomic E-state index is -3.10. The summed E-state index contributed by atoms with van der Waals surface area (Å²) in [4.78, 5) is 4.14. The van der Waals surface area contributed by atoms with E-state index >= 15 is 0 Å². The lowest BCUT2D eigenvalue weighted by atomic mass is 10.2. The maximum Gasteiger partial charge on any atom is 0.211 e. The molecular weight excluding hydrogens is 316 g/mol. The standard InChI is InChI=1S/C15H34N4O3S/c1-6-19(23(5,20)21)11-7-9-17-15(16-4)18-10-8-12-22-13-14(2)3/h14H,6-13H2,1-5H3,(H2,16,17,18). The Morgan fingerprint density at radius 1 is 1.22 bits per heavy atom. The normalized spacial score (nSPS) is 12.9. The number of sulfonamides is 1. The molecule has 0 amide bonds. The van der Waals surface area contributed by atoms with Crippen LogP contribution < -0.4 is 10.6 Å². The molecule has 0 spiro atoms. The first kappa shape index (κ1) is 22.1. The summed E-state index contributed by atoms with van der Waals surface area (Å²) in [5, 5.41) is 6.40. The van der Waals surface area contributed by atoms with E-state index in [-0.39, 0.29) is 0 Å². The fourth-order valence-electron chi connectivity index (χ4n) is 1.94. The lowest BCUT2D eigenvalue weighted by Crippen LogP contribution is -2.40. The molecule has 0 heterocycles. The zero-order valence-corrected chi connectivity index (χ0v) is 16.1. The first-order chi connectivity index (χ1) is 10.8. The Bertz CT molecular complexity index is 424. The van der Waals surface area contributed by atoms with Gasteiger partial charge in [-0.1, -0.05) is 20.8 Å². The fourth-order valence-corrected chi connectivity index (χ4v) is 2.87. The molecule has 0 atom stereocenters. The van der Waals surface area contributed by atoms with Crippen LogP contribution in [-0.2, 0) is 14.8 Å². The van der Waals surface area contributed by atoms with E-state index in [0.29, 0.717) is 25.6 Å². The van der Waals surface area contributed by atoms with Gasteiger partial charge in [0.2, 0.25) is 10.0 Å². The minimum absolute atomic E-state index is 0.502. The number of ether oxygens (including phenoxy) is 1. The molecule has 0 aliphatic heterocycles. The Balaban J connectivity index is 3.79. The van der Waals surface area contributed by atoms with Gasteiger partial charge < -0.3 is 15.4 Å². The summed E-state index contributed by atoms with van der Waals surface area (Å²) >= 11 is 0. The van der Waals surface area contributed by atoms with E-state index in [1.54, 1.807) is 7.05 Å². The predicted molar refractivity (Wildman–Crippen MR) is 96.3 cm³/mol. The van der Waals surface area contributed by atoms with Crippen molar-refractivity contribution in [1.82, 2.24) is 14.9 Å². The zero-order valence-electron chi connectivity index (χ0n) is 15.3. The summed E-state index contributed by atoms with van der Waals surface area (Å²) in [7, 11) is -1.38. The molecule has 0 aromatic rings. The van der Waals surface area contributed by atoms with Gasteiger partial charge in [0.05, 0.1) is 6.26 Å². The maximum atomic E-state index is 11.5. The summed E-state index contributed by atoms with van der Waals surface area (Å²) in [6.07, 6.45) is 2.90. The van der Waals surface area contributed by atoms with Crippen molar-refractivity contribution in [3.8, 4) is 0 Å². The molecule has 0 fully saturated rings. The highest BCUT2D eigenvalue weighted by atomic mass is 32.2. The van der Waals surface area contributed by atoms with Crippen LogP contribution in [-0.4, -0.2) is 71.4 Å². The van der Waals surface area contributed by atoms with Gasteiger partial charge in [0.15, 0.2) is 5.96 Å². The smallest absolute Gasteiger partial charge is 0.211 e. The van der Waals surface area contributed by atoms with Crippen LogP contribution in [0.1, 0.15) is 33.6 Å². The highest BCUT2D eigenvalue weighted by molar-refractivity contribution is 7.88. The van der Waals surface area contributed by atoms with E-state index < -0.39 is 10.0 Å². The van der Waals surface area contributed by atoms with Crippen LogP contribution in [0.5, 0.6) is 0 Å². The summed E-state index contributed by atoms with van der Waals surface area (Å²) in [6, 6.07) is 0. The van der Waals surface area contributed by atoms with Crippen molar-refractivity contribution in [3.05, 3.63) is 0 Å². The van der Waals surface area contributed by atoms with E-state index in [0.717, 1.165) is 38.6 Å². The first-order valence-corrected chi connectivity index (χ1v) is 10.1. The largest absolute Gasteiger partial charge is 0.381 e. The summed E-state index contributed by atoms with van der Waals surface area (Å²) < 4.78 is 29.9. The third kappa shape index (κ3) is 12.3. The molecule has 0 unspecified atom stereocenters. The number of nitrogens with zero attached hydrogens (tertiary/aromatic N) is 2. The molecule has 0 rings (SSSR count). The number of hydrogen-bond donors (Lipinski definition) is 2. The molecule has 0 aromatic heterocycles. The van der Waals surface area contributed by atoms with Gasteiger partial charge in [0.25, 0.3) is 0 Å². The van der Waals surface area contributed by atoms with Crippen LogP contribution in [0.3, 0.4) is 0 Å². The van der Waals surface area contributed by atoms with Crippen molar-refractivity contribution in [2.75, 3.05) is 52.7 Å². The third-order valence-corrected chi connectivity index (χ3v) is 4.51. The minimum Gasteiger partial charge on any atom is -0.381 e. The van der Waals surface area contributed by atoms with Crippen molar-refractivity contribution >= 4 is 16.0 Å². The fraction of sp³-hybridized carbons (Fsp3) is 0.933. The van der Waals surface area contributed by atoms with Crippen LogP contribution in [0.2, 0.25) is 0 Å². The van der Waals surface area contributed by atoms with Crippen molar-refractivity contribution < 1.29 is 13.2 Å². The Hall–Kier alpha value is -0.860. The Labute approximate surface area is 141 Å². The maximum absolute atomic E-state index is 11.5. The second-order valence-electron chi connectivity index (χ2n) is 5.86. The highest BCUT2D eigenvalue weighted by Crippen LogP contribution is 1.98. The van der Waals surface area contributed by atoms with Gasteiger partial charge in [0, 0.05) is 46.4 Å². The highest BCUT2D eigenvalue weighted by Gasteiger charge is 2.13. The monoisotopic (exact) mass is 350 g/mol. The second kappa shape index (κ2) is 12.5. The van der Waals surface area contributed by atoms with E-state index in [4.69, 9.17) is 4.74 Å². The predicted octanol–water partition coefficient (Wildman–Crippen LogP) is 0.886. The molecular formula is C15H34N4O3S. The van der Waals surface area contributed by atoms with Crippen LogP contribution in [0.15, 0.2) is 4.99 Å². The average Bonchev–Trinajstić information content (AvgIpc) is 2.46. The lowest BCUT2D eigenvalue weighted by molar-refractivity contribution is 0.108. The Morgan fingerprint density at radius 2 is 1.83 bits per heavy atom. The third-order valence-electron chi connectivity index (χ3n) is 3.13. The Kier molecular flexibility index (Phi) is 12.1. The number of aliphatic imine (C=N–C) groups is 1. The van der Waals surface area contributed by atoms with Gasteiger partial charge in [-0.05, 0) is 18.8 Å². The molecule has 0 aliphatic carbocycles. The zero-order chi connectivity index (χ0) is 17.7. The van der Waals surface area contributed by atoms with Gasteiger partial charge in [-0.3, -0.25) is 4.99 Å². The number of rotatable bonds is 12. The molecule has 8 heteroatoms. The number of guanidine groups is 1. The molecule has 0 bridgehead atoms. The molecule has 0 radical (unpaired) electrons. The van der Waals surface area contributed by atoms with Crippen molar-refractivity contribution in [2.45, 2.75) is 33.6 Å². The van der Waals surface area contributed by atoms with Gasteiger partial charge in [-0.15, -0.1) is 0 Å². The first-order valence-electron chi connectivity index (χ1n) is 8.28. The van der Waals surface area contributed by atoms with Gasteiger partial charge in [-0.2, -0.15) is 0 Å². The summed E-state index contributed by atoms with van der Waals surface area (Å²) in [6.45, 7) is 10.1. The lowest BCUT2D eigenvalue weighted by Gasteiger charge is -2.18. The molecule has 0 aliphatic rings. The van der Waals surface area contributed by atoms with Crippen LogP contribution in [0.25, 0.3) is 0 Å².